The van der Waals surface area contributed by atoms with Crippen molar-refractivity contribution in [1.82, 2.24) is 14.3 Å². The summed E-state index contributed by atoms with van der Waals surface area (Å²) >= 11 is 1.66. The van der Waals surface area contributed by atoms with Gasteiger partial charge in [0.1, 0.15) is 5.69 Å². The molecule has 5 heteroatoms. The van der Waals surface area contributed by atoms with Gasteiger partial charge in [-0.15, -0.1) is 11.3 Å². The van der Waals surface area contributed by atoms with Crippen molar-refractivity contribution in [3.63, 3.8) is 0 Å². The van der Waals surface area contributed by atoms with Gasteiger partial charge in [-0.25, -0.2) is 4.68 Å². The van der Waals surface area contributed by atoms with Crippen molar-refractivity contribution in [2.75, 3.05) is 0 Å². The molecule has 4 nitrogen and oxygen atoms in total. The predicted octanol–water partition coefficient (Wildman–Crippen LogP) is 3.14. The third kappa shape index (κ3) is 2.48. The van der Waals surface area contributed by atoms with E-state index in [1.165, 1.54) is 4.68 Å². The molecule has 0 aromatic carbocycles. The van der Waals surface area contributed by atoms with Gasteiger partial charge in [0.05, 0.1) is 5.69 Å². The molecule has 0 spiro atoms. The Morgan fingerprint density at radius 1 is 1.20 bits per heavy atom. The van der Waals surface area contributed by atoms with E-state index in [9.17, 15) is 4.79 Å². The lowest BCUT2D eigenvalue weighted by atomic mass is 10.3. The average Bonchev–Trinajstić information content (AvgIpc) is 3.17. The molecule has 3 heterocycles. The van der Waals surface area contributed by atoms with Crippen LogP contribution in [0, 0.1) is 0 Å². The minimum absolute atomic E-state index is 0.131. The first-order chi connectivity index (χ1) is 9.74. The van der Waals surface area contributed by atoms with Gasteiger partial charge in [-0.05, 0) is 41.8 Å². The van der Waals surface area contributed by atoms with Crippen LogP contribution in [0.3, 0.4) is 0 Å². The van der Waals surface area contributed by atoms with Crippen molar-refractivity contribution in [2.24, 2.45) is 7.05 Å². The maximum Gasteiger partial charge on any atom is 0.294 e. The molecule has 0 fully saturated rings. The van der Waals surface area contributed by atoms with Gasteiger partial charge in [-0.1, -0.05) is 6.07 Å². The molecule has 0 bridgehead atoms. The lowest BCUT2D eigenvalue weighted by Gasteiger charge is -2.01. The second kappa shape index (κ2) is 5.30. The van der Waals surface area contributed by atoms with Crippen LogP contribution in [0.5, 0.6) is 0 Å². The van der Waals surface area contributed by atoms with Crippen LogP contribution in [0.2, 0.25) is 0 Å². The van der Waals surface area contributed by atoms with Crippen LogP contribution in [-0.4, -0.2) is 20.3 Å². The standard InChI is InChI=1S/C15H13N3OS/c1-17-9-2-5-14(17)15(19)18-10-8-12(16-18)6-7-13-4-3-11-20-13/h2-11H,1H3/b7-6+. The highest BCUT2D eigenvalue weighted by Crippen LogP contribution is 2.12. The Labute approximate surface area is 120 Å². The van der Waals surface area contributed by atoms with Crippen molar-refractivity contribution in [2.45, 2.75) is 0 Å². The van der Waals surface area contributed by atoms with Crippen LogP contribution < -0.4 is 0 Å². The fourth-order valence-electron chi connectivity index (χ4n) is 1.89. The molecule has 0 unspecified atom stereocenters. The van der Waals surface area contributed by atoms with Gasteiger partial charge in [0, 0.05) is 24.3 Å². The van der Waals surface area contributed by atoms with E-state index in [2.05, 4.69) is 5.10 Å². The molecule has 3 aromatic heterocycles. The first kappa shape index (κ1) is 12.6. The Kier molecular flexibility index (Phi) is 3.35. The molecule has 0 aliphatic rings. The third-order valence-electron chi connectivity index (χ3n) is 2.94. The normalized spacial score (nSPS) is 11.2. The summed E-state index contributed by atoms with van der Waals surface area (Å²) in [6.45, 7) is 0. The van der Waals surface area contributed by atoms with Crippen LogP contribution in [0.1, 0.15) is 21.1 Å². The number of rotatable bonds is 3. The van der Waals surface area contributed by atoms with Crippen LogP contribution in [0.15, 0.2) is 48.1 Å². The van der Waals surface area contributed by atoms with Crippen molar-refractivity contribution in [3.8, 4) is 0 Å². The van der Waals surface area contributed by atoms with Crippen LogP contribution in [-0.2, 0) is 7.05 Å². The van der Waals surface area contributed by atoms with Gasteiger partial charge in [-0.2, -0.15) is 5.10 Å². The summed E-state index contributed by atoms with van der Waals surface area (Å²) in [6.07, 6.45) is 7.42. The molecule has 0 radical (unpaired) electrons. The highest BCUT2D eigenvalue weighted by Gasteiger charge is 2.12. The molecule has 3 aromatic rings. The van der Waals surface area contributed by atoms with Crippen molar-refractivity contribution >= 4 is 29.4 Å². The minimum atomic E-state index is -0.131. The third-order valence-corrected chi connectivity index (χ3v) is 3.78. The van der Waals surface area contributed by atoms with Gasteiger partial charge in [0.25, 0.3) is 5.91 Å². The SMILES string of the molecule is Cn1cccc1C(=O)n1ccc(/C=C/c2cccs2)n1. The largest absolute Gasteiger partial charge is 0.347 e. The van der Waals surface area contributed by atoms with Gasteiger partial charge < -0.3 is 4.57 Å². The highest BCUT2D eigenvalue weighted by atomic mass is 32.1. The number of hydrogen-bond donors (Lipinski definition) is 0. The van der Waals surface area contributed by atoms with E-state index in [0.29, 0.717) is 5.69 Å². The molecule has 0 saturated carbocycles. The quantitative estimate of drug-likeness (QED) is 0.741. The second-order valence-electron chi connectivity index (χ2n) is 4.34. The maximum atomic E-state index is 12.2. The van der Waals surface area contributed by atoms with E-state index in [0.717, 1.165) is 10.6 Å². The minimum Gasteiger partial charge on any atom is -0.347 e. The molecule has 0 aliphatic carbocycles. The smallest absolute Gasteiger partial charge is 0.294 e. The fraction of sp³-hybridized carbons (Fsp3) is 0.0667. The zero-order valence-corrected chi connectivity index (χ0v) is 11.7. The van der Waals surface area contributed by atoms with Gasteiger partial charge in [0.2, 0.25) is 0 Å². The van der Waals surface area contributed by atoms with Crippen molar-refractivity contribution < 1.29 is 4.79 Å². The highest BCUT2D eigenvalue weighted by molar-refractivity contribution is 7.10. The predicted molar refractivity (Wildman–Crippen MR) is 80.6 cm³/mol. The molecule has 0 saturated heterocycles. The molecule has 0 N–H and O–H groups in total. The van der Waals surface area contributed by atoms with E-state index in [-0.39, 0.29) is 5.91 Å². The van der Waals surface area contributed by atoms with Crippen molar-refractivity contribution in [3.05, 3.63) is 64.4 Å². The zero-order chi connectivity index (χ0) is 13.9. The first-order valence-electron chi connectivity index (χ1n) is 6.17. The topological polar surface area (TPSA) is 39.8 Å². The zero-order valence-electron chi connectivity index (χ0n) is 10.9. The van der Waals surface area contributed by atoms with Gasteiger partial charge in [0.15, 0.2) is 0 Å². The number of aromatic nitrogens is 3. The van der Waals surface area contributed by atoms with E-state index in [4.69, 9.17) is 0 Å². The van der Waals surface area contributed by atoms with E-state index < -0.39 is 0 Å². The summed E-state index contributed by atoms with van der Waals surface area (Å²) in [5.74, 6) is -0.131. The number of nitrogens with zero attached hydrogens (tertiary/aromatic N) is 3. The Balaban J connectivity index is 1.80. The van der Waals surface area contributed by atoms with E-state index in [1.807, 2.05) is 55.0 Å². The van der Waals surface area contributed by atoms with E-state index in [1.54, 1.807) is 28.2 Å². The average molecular weight is 283 g/mol. The van der Waals surface area contributed by atoms with Crippen LogP contribution in [0.25, 0.3) is 12.2 Å². The van der Waals surface area contributed by atoms with E-state index >= 15 is 0 Å². The maximum absolute atomic E-state index is 12.2. The van der Waals surface area contributed by atoms with Crippen LogP contribution in [0.4, 0.5) is 0 Å². The lowest BCUT2D eigenvalue weighted by molar-refractivity contribution is 0.0937. The van der Waals surface area contributed by atoms with Crippen LogP contribution >= 0.6 is 11.3 Å². The monoisotopic (exact) mass is 283 g/mol. The molecule has 100 valence electrons. The molecule has 20 heavy (non-hydrogen) atoms. The fourth-order valence-corrected chi connectivity index (χ4v) is 2.51. The lowest BCUT2D eigenvalue weighted by Crippen LogP contribution is -2.15. The number of aryl methyl sites for hydroxylation is 1. The molecule has 0 atom stereocenters. The van der Waals surface area contributed by atoms with Crippen molar-refractivity contribution in [1.29, 1.82) is 0 Å². The molecule has 0 aliphatic heterocycles. The summed E-state index contributed by atoms with van der Waals surface area (Å²) in [4.78, 5) is 13.4. The molecular formula is C15H13N3OS. The number of thiophene rings is 1. The summed E-state index contributed by atoms with van der Waals surface area (Å²) in [7, 11) is 1.84. The number of hydrogen-bond acceptors (Lipinski definition) is 3. The van der Waals surface area contributed by atoms with Gasteiger partial charge >= 0.3 is 0 Å². The molecular weight excluding hydrogens is 270 g/mol. The Bertz CT molecular complexity index is 750. The summed E-state index contributed by atoms with van der Waals surface area (Å²) in [6, 6.07) is 9.49. The summed E-state index contributed by atoms with van der Waals surface area (Å²) in [5, 5.41) is 6.30. The van der Waals surface area contributed by atoms with Gasteiger partial charge in [-0.3, -0.25) is 4.79 Å². The Morgan fingerprint density at radius 2 is 2.10 bits per heavy atom. The Morgan fingerprint density at radius 3 is 2.80 bits per heavy atom. The number of carbonyl (C=O) groups excluding carboxylic acids is 1. The number of carbonyl (C=O) groups is 1. The Hall–Kier alpha value is -2.40. The molecule has 0 amide bonds. The summed E-state index contributed by atoms with van der Waals surface area (Å²) in [5.41, 5.74) is 1.38. The summed E-state index contributed by atoms with van der Waals surface area (Å²) < 4.78 is 3.15. The molecule has 3 rings (SSSR count). The first-order valence-corrected chi connectivity index (χ1v) is 7.05. The second-order valence-corrected chi connectivity index (χ2v) is 5.32.